The van der Waals surface area contributed by atoms with E-state index in [9.17, 15) is 0 Å². The average molecular weight is 360 g/mol. The molecule has 1 aromatic carbocycles. The van der Waals surface area contributed by atoms with Crippen molar-refractivity contribution in [1.29, 1.82) is 0 Å². The summed E-state index contributed by atoms with van der Waals surface area (Å²) in [5.41, 5.74) is 3.82. The van der Waals surface area contributed by atoms with E-state index in [1.807, 2.05) is 24.5 Å². The number of piperidine rings is 1. The molecular weight excluding hydrogens is 340 g/mol. The Morgan fingerprint density at radius 3 is 2.85 bits per heavy atom. The maximum absolute atomic E-state index is 4.78. The third kappa shape index (κ3) is 2.97. The first kappa shape index (κ1) is 16.1. The first-order valence-corrected chi connectivity index (χ1v) is 9.16. The number of rotatable bonds is 3. The van der Waals surface area contributed by atoms with Crippen molar-refractivity contribution in [1.82, 2.24) is 35.3 Å². The lowest BCUT2D eigenvalue weighted by atomic mass is 10.1. The molecule has 27 heavy (non-hydrogen) atoms. The van der Waals surface area contributed by atoms with Crippen LogP contribution in [0.25, 0.3) is 27.7 Å². The van der Waals surface area contributed by atoms with Crippen LogP contribution in [0.2, 0.25) is 0 Å². The molecule has 1 aliphatic rings. The first-order valence-electron chi connectivity index (χ1n) is 9.16. The molecule has 0 radical (unpaired) electrons. The van der Waals surface area contributed by atoms with Crippen LogP contribution in [0.5, 0.6) is 0 Å². The topological polar surface area (TPSA) is 84.1 Å². The van der Waals surface area contributed by atoms with Crippen LogP contribution in [0.1, 0.15) is 12.8 Å². The highest BCUT2D eigenvalue weighted by Crippen LogP contribution is 2.25. The summed E-state index contributed by atoms with van der Waals surface area (Å²) in [6, 6.07) is 10.7. The van der Waals surface area contributed by atoms with Gasteiger partial charge in [-0.25, -0.2) is 14.5 Å². The van der Waals surface area contributed by atoms with Crippen LogP contribution in [0.4, 0.5) is 5.95 Å². The maximum Gasteiger partial charge on any atom is 0.225 e. The second kappa shape index (κ2) is 6.55. The van der Waals surface area contributed by atoms with Gasteiger partial charge in [0.2, 0.25) is 5.95 Å². The van der Waals surface area contributed by atoms with Gasteiger partial charge in [-0.3, -0.25) is 0 Å². The van der Waals surface area contributed by atoms with Crippen LogP contribution in [-0.4, -0.2) is 56.2 Å². The summed E-state index contributed by atoms with van der Waals surface area (Å²) in [6.45, 7) is 2.11. The highest BCUT2D eigenvalue weighted by atomic mass is 15.5. The van der Waals surface area contributed by atoms with Gasteiger partial charge in [0.1, 0.15) is 0 Å². The summed E-state index contributed by atoms with van der Waals surface area (Å²) < 4.78 is 1.67. The minimum atomic E-state index is 0.492. The quantitative estimate of drug-likeness (QED) is 0.597. The molecule has 4 aromatic rings. The zero-order valence-corrected chi connectivity index (χ0v) is 15.1. The molecule has 1 aliphatic heterocycles. The van der Waals surface area contributed by atoms with Crippen molar-refractivity contribution >= 4 is 22.5 Å². The van der Waals surface area contributed by atoms with Gasteiger partial charge in [-0.2, -0.15) is 0 Å². The van der Waals surface area contributed by atoms with Crippen molar-refractivity contribution in [2.75, 3.05) is 25.0 Å². The second-order valence-electron chi connectivity index (χ2n) is 6.94. The van der Waals surface area contributed by atoms with Gasteiger partial charge in [0.15, 0.2) is 5.65 Å². The van der Waals surface area contributed by atoms with Gasteiger partial charge >= 0.3 is 0 Å². The van der Waals surface area contributed by atoms with Crippen molar-refractivity contribution in [3.8, 4) is 11.1 Å². The number of fused-ring (bicyclic) bond motifs is 2. The Hall–Kier alpha value is -3.13. The van der Waals surface area contributed by atoms with Crippen molar-refractivity contribution in [2.45, 2.75) is 18.9 Å². The lowest BCUT2D eigenvalue weighted by Gasteiger charge is -2.31. The smallest absolute Gasteiger partial charge is 0.225 e. The van der Waals surface area contributed by atoms with E-state index in [0.717, 1.165) is 59.6 Å². The van der Waals surface area contributed by atoms with E-state index in [1.165, 1.54) is 0 Å². The number of tetrazole rings is 1. The molecule has 0 amide bonds. The third-order valence-electron chi connectivity index (χ3n) is 5.26. The lowest BCUT2D eigenvalue weighted by Crippen LogP contribution is -2.41. The fraction of sp³-hybridized carbons (Fsp3) is 0.316. The number of nitrogens with zero attached hydrogens (tertiary/aromatic N) is 7. The summed E-state index contributed by atoms with van der Waals surface area (Å²) in [5, 5.41) is 16.0. The van der Waals surface area contributed by atoms with Gasteiger partial charge in [0, 0.05) is 36.4 Å². The van der Waals surface area contributed by atoms with Crippen LogP contribution >= 0.6 is 0 Å². The fourth-order valence-electron chi connectivity index (χ4n) is 3.64. The van der Waals surface area contributed by atoms with Crippen LogP contribution < -0.4 is 10.2 Å². The van der Waals surface area contributed by atoms with Gasteiger partial charge in [-0.1, -0.05) is 6.07 Å². The summed E-state index contributed by atoms with van der Waals surface area (Å²) in [7, 11) is 2.09. The largest absolute Gasteiger partial charge is 0.341 e. The Balaban J connectivity index is 1.47. The van der Waals surface area contributed by atoms with E-state index in [4.69, 9.17) is 4.98 Å². The lowest BCUT2D eigenvalue weighted by molar-refractivity contribution is 0.440. The van der Waals surface area contributed by atoms with E-state index in [0.29, 0.717) is 6.04 Å². The summed E-state index contributed by atoms with van der Waals surface area (Å²) >= 11 is 0. The number of hydrogen-bond donors (Lipinski definition) is 1. The monoisotopic (exact) mass is 360 g/mol. The molecule has 0 spiro atoms. The predicted molar refractivity (Wildman–Crippen MR) is 104 cm³/mol. The van der Waals surface area contributed by atoms with Crippen LogP contribution in [0, 0.1) is 0 Å². The van der Waals surface area contributed by atoms with Gasteiger partial charge in [-0.15, -0.1) is 5.10 Å². The van der Waals surface area contributed by atoms with Crippen molar-refractivity contribution in [2.24, 2.45) is 0 Å². The highest BCUT2D eigenvalue weighted by molar-refractivity contribution is 5.84. The minimum Gasteiger partial charge on any atom is -0.341 e. The Labute approximate surface area is 156 Å². The number of anilines is 1. The van der Waals surface area contributed by atoms with Gasteiger partial charge in [0.05, 0.1) is 5.52 Å². The van der Waals surface area contributed by atoms with Gasteiger partial charge < -0.3 is 10.2 Å². The van der Waals surface area contributed by atoms with Crippen molar-refractivity contribution in [3.63, 3.8) is 0 Å². The fourth-order valence-corrected chi connectivity index (χ4v) is 3.64. The Bertz CT molecular complexity index is 1100. The van der Waals surface area contributed by atoms with Crippen LogP contribution in [-0.2, 0) is 0 Å². The van der Waals surface area contributed by atoms with E-state index in [-0.39, 0.29) is 0 Å². The molecule has 0 atom stereocenters. The van der Waals surface area contributed by atoms with Crippen LogP contribution in [0.15, 0.2) is 42.7 Å². The van der Waals surface area contributed by atoms with E-state index < -0.39 is 0 Å². The van der Waals surface area contributed by atoms with E-state index in [2.05, 4.69) is 56.0 Å². The molecule has 8 nitrogen and oxygen atoms in total. The Morgan fingerprint density at radius 1 is 1.11 bits per heavy atom. The summed E-state index contributed by atoms with van der Waals surface area (Å²) in [5.74, 6) is 0.789. The summed E-state index contributed by atoms with van der Waals surface area (Å²) in [4.78, 5) is 11.6. The number of pyridine rings is 1. The molecule has 0 bridgehead atoms. The molecule has 0 saturated carbocycles. The molecule has 0 aliphatic carbocycles. The van der Waals surface area contributed by atoms with Gasteiger partial charge in [0.25, 0.3) is 0 Å². The predicted octanol–water partition coefficient (Wildman–Crippen LogP) is 1.92. The van der Waals surface area contributed by atoms with Crippen LogP contribution in [0.3, 0.4) is 0 Å². The van der Waals surface area contributed by atoms with E-state index >= 15 is 0 Å². The molecule has 1 N–H and O–H groups in total. The Morgan fingerprint density at radius 2 is 1.96 bits per heavy atom. The molecule has 8 heteroatoms. The number of benzene rings is 1. The zero-order chi connectivity index (χ0) is 18.2. The average Bonchev–Trinajstić information content (AvgIpc) is 3.21. The molecule has 1 fully saturated rings. The standard InChI is InChI=1S/C19H20N8/c1-26(16-6-8-20-9-7-16)19-21-11-15-10-13(2-4-17(15)22-19)14-3-5-18-23-24-25-27(18)12-14/h2-5,10-12,16,20H,6-9H2,1H3. The minimum absolute atomic E-state index is 0.492. The van der Waals surface area contributed by atoms with Gasteiger partial charge in [-0.05, 0) is 66.2 Å². The molecule has 3 aromatic heterocycles. The second-order valence-corrected chi connectivity index (χ2v) is 6.94. The maximum atomic E-state index is 4.78. The normalized spacial score (nSPS) is 15.4. The first-order chi connectivity index (χ1) is 13.3. The third-order valence-corrected chi connectivity index (χ3v) is 5.26. The molecule has 4 heterocycles. The SMILES string of the molecule is CN(c1ncc2cc(-c3ccc4nnnn4c3)ccc2n1)C1CCNCC1. The number of aromatic nitrogens is 6. The van der Waals surface area contributed by atoms with E-state index in [1.54, 1.807) is 4.52 Å². The molecule has 136 valence electrons. The summed E-state index contributed by atoms with van der Waals surface area (Å²) in [6.07, 6.45) is 6.08. The Kier molecular flexibility index (Phi) is 3.90. The molecular formula is C19H20N8. The zero-order valence-electron chi connectivity index (χ0n) is 15.1. The molecule has 1 saturated heterocycles. The molecule has 0 unspecified atom stereocenters. The molecule has 5 rings (SSSR count). The highest BCUT2D eigenvalue weighted by Gasteiger charge is 2.20. The number of nitrogens with one attached hydrogen (secondary N) is 1. The van der Waals surface area contributed by atoms with Crippen molar-refractivity contribution in [3.05, 3.63) is 42.7 Å². The number of hydrogen-bond acceptors (Lipinski definition) is 7. The van der Waals surface area contributed by atoms with Crippen molar-refractivity contribution < 1.29 is 0 Å².